The van der Waals surface area contributed by atoms with Gasteiger partial charge in [0.25, 0.3) is 5.91 Å². The van der Waals surface area contributed by atoms with Crippen LogP contribution in [0.25, 0.3) is 21.5 Å². The highest BCUT2D eigenvalue weighted by molar-refractivity contribution is 7.16. The summed E-state index contributed by atoms with van der Waals surface area (Å²) in [6.07, 6.45) is 1.67. The fourth-order valence-corrected chi connectivity index (χ4v) is 4.28. The number of thiazole rings is 1. The molecule has 1 N–H and O–H groups in total. The van der Waals surface area contributed by atoms with Gasteiger partial charge in [-0.3, -0.25) is 14.2 Å². The van der Waals surface area contributed by atoms with Crippen LogP contribution in [0, 0.1) is 6.92 Å². The Morgan fingerprint density at radius 3 is 2.90 bits per heavy atom. The molecule has 0 saturated heterocycles. The van der Waals surface area contributed by atoms with E-state index in [1.54, 1.807) is 47.9 Å². The van der Waals surface area contributed by atoms with Crippen molar-refractivity contribution in [2.24, 2.45) is 0 Å². The maximum Gasteiger partial charge on any atom is 0.308 e. The molecule has 0 saturated carbocycles. The van der Waals surface area contributed by atoms with E-state index in [1.807, 2.05) is 12.1 Å². The van der Waals surface area contributed by atoms with Crippen molar-refractivity contribution >= 4 is 44.7 Å². The van der Waals surface area contributed by atoms with E-state index in [2.05, 4.69) is 17.1 Å². The largest absolute Gasteiger partial charge is 0.360 e. The zero-order chi connectivity index (χ0) is 20.5. The molecular weight excluding hydrogens is 410 g/mol. The number of anilines is 1. The number of carbonyl (C=O) groups excluding carboxylic acids is 1. The molecule has 6 nitrogen and oxygen atoms in total. The second kappa shape index (κ2) is 7.69. The molecule has 0 radical (unpaired) electrons. The van der Waals surface area contributed by atoms with Crippen LogP contribution in [0.15, 0.2) is 64.4 Å². The molecule has 2 aromatic heterocycles. The van der Waals surface area contributed by atoms with Crippen molar-refractivity contribution < 1.29 is 9.32 Å². The standard InChI is InChI=1S/C21H16ClN3O3S/c1-3-10-25-16-9-8-13(11-17(16)29-21(25)27)23-20(26)18-12(2)28-24-19(18)14-6-4-5-7-15(14)22/h3-9,11H,1,10H2,2H3,(H,23,26). The summed E-state index contributed by atoms with van der Waals surface area (Å²) in [5, 5.41) is 7.36. The predicted octanol–water partition coefficient (Wildman–Crippen LogP) is 5.12. The van der Waals surface area contributed by atoms with Gasteiger partial charge in [0, 0.05) is 17.8 Å². The van der Waals surface area contributed by atoms with Gasteiger partial charge in [-0.15, -0.1) is 6.58 Å². The van der Waals surface area contributed by atoms with Gasteiger partial charge in [0.1, 0.15) is 17.0 Å². The highest BCUT2D eigenvalue weighted by Gasteiger charge is 2.23. The third-order valence-electron chi connectivity index (χ3n) is 4.46. The molecule has 0 unspecified atom stereocenters. The third-order valence-corrected chi connectivity index (χ3v) is 5.73. The van der Waals surface area contributed by atoms with Crippen LogP contribution in [0.3, 0.4) is 0 Å². The van der Waals surface area contributed by atoms with Crippen LogP contribution < -0.4 is 10.2 Å². The smallest absolute Gasteiger partial charge is 0.308 e. The Hall–Kier alpha value is -3.16. The summed E-state index contributed by atoms with van der Waals surface area (Å²) >= 11 is 7.38. The summed E-state index contributed by atoms with van der Waals surface area (Å²) in [6, 6.07) is 12.5. The van der Waals surface area contributed by atoms with E-state index < -0.39 is 0 Å². The first-order chi connectivity index (χ1) is 14.0. The molecule has 0 aliphatic carbocycles. The average Bonchev–Trinajstić information content (AvgIpc) is 3.22. The highest BCUT2D eigenvalue weighted by Crippen LogP contribution is 2.31. The van der Waals surface area contributed by atoms with Crippen LogP contribution in [-0.4, -0.2) is 15.6 Å². The number of nitrogens with zero attached hydrogens (tertiary/aromatic N) is 2. The van der Waals surface area contributed by atoms with Crippen LogP contribution in [0.5, 0.6) is 0 Å². The van der Waals surface area contributed by atoms with Gasteiger partial charge in [0.15, 0.2) is 0 Å². The van der Waals surface area contributed by atoms with Crippen LogP contribution in [0.2, 0.25) is 5.02 Å². The second-order valence-corrected chi connectivity index (χ2v) is 7.75. The summed E-state index contributed by atoms with van der Waals surface area (Å²) in [6.45, 7) is 5.79. The first-order valence-corrected chi connectivity index (χ1v) is 9.96. The number of halogens is 1. The molecule has 4 rings (SSSR count). The number of benzene rings is 2. The van der Waals surface area contributed by atoms with Gasteiger partial charge >= 0.3 is 4.87 Å². The van der Waals surface area contributed by atoms with Crippen molar-refractivity contribution in [2.75, 3.05) is 5.32 Å². The summed E-state index contributed by atoms with van der Waals surface area (Å²) in [5.41, 5.74) is 2.69. The molecule has 4 aromatic rings. The number of nitrogens with one attached hydrogen (secondary N) is 1. The summed E-state index contributed by atoms with van der Waals surface area (Å²) < 4.78 is 7.68. The monoisotopic (exact) mass is 425 g/mol. The molecule has 29 heavy (non-hydrogen) atoms. The Morgan fingerprint density at radius 2 is 2.14 bits per heavy atom. The molecular formula is C21H16ClN3O3S. The topological polar surface area (TPSA) is 77.1 Å². The van der Waals surface area contributed by atoms with Crippen LogP contribution in [-0.2, 0) is 6.54 Å². The van der Waals surface area contributed by atoms with E-state index >= 15 is 0 Å². The zero-order valence-corrected chi connectivity index (χ0v) is 17.0. The first-order valence-electron chi connectivity index (χ1n) is 8.76. The normalized spacial score (nSPS) is 11.0. The Morgan fingerprint density at radius 1 is 1.34 bits per heavy atom. The number of allylic oxidation sites excluding steroid dienone is 1. The van der Waals surface area contributed by atoms with Crippen molar-refractivity contribution in [3.63, 3.8) is 0 Å². The molecule has 1 amide bonds. The van der Waals surface area contributed by atoms with Crippen molar-refractivity contribution in [3.05, 3.63) is 81.1 Å². The summed E-state index contributed by atoms with van der Waals surface area (Å²) in [5.74, 6) is 0.0242. The molecule has 2 aromatic carbocycles. The highest BCUT2D eigenvalue weighted by atomic mass is 35.5. The Kier molecular flexibility index (Phi) is 5.08. The Labute approximate surface area is 175 Å². The van der Waals surface area contributed by atoms with Crippen molar-refractivity contribution in [3.8, 4) is 11.3 Å². The minimum Gasteiger partial charge on any atom is -0.360 e. The lowest BCUT2D eigenvalue weighted by Crippen LogP contribution is -2.13. The average molecular weight is 426 g/mol. The van der Waals surface area contributed by atoms with E-state index in [0.29, 0.717) is 39.8 Å². The lowest BCUT2D eigenvalue weighted by Gasteiger charge is -2.07. The maximum atomic E-state index is 13.0. The fraction of sp³-hybridized carbons (Fsp3) is 0.0952. The van der Waals surface area contributed by atoms with Gasteiger partial charge in [-0.25, -0.2) is 0 Å². The van der Waals surface area contributed by atoms with Gasteiger partial charge in [0.2, 0.25) is 0 Å². The zero-order valence-electron chi connectivity index (χ0n) is 15.4. The van der Waals surface area contributed by atoms with E-state index in [9.17, 15) is 9.59 Å². The molecule has 146 valence electrons. The lowest BCUT2D eigenvalue weighted by molar-refractivity contribution is 0.102. The van der Waals surface area contributed by atoms with E-state index in [4.69, 9.17) is 16.1 Å². The van der Waals surface area contributed by atoms with Gasteiger partial charge in [-0.1, -0.05) is 52.4 Å². The fourth-order valence-electron chi connectivity index (χ4n) is 3.12. The number of rotatable bonds is 5. The number of fused-ring (bicyclic) bond motifs is 1. The first kappa shape index (κ1) is 19.2. The number of aryl methyl sites for hydroxylation is 1. The van der Waals surface area contributed by atoms with Crippen LogP contribution in [0.1, 0.15) is 16.1 Å². The van der Waals surface area contributed by atoms with Gasteiger partial charge in [-0.05, 0) is 31.2 Å². The maximum absolute atomic E-state index is 13.0. The predicted molar refractivity (Wildman–Crippen MR) is 116 cm³/mol. The molecule has 0 aliphatic rings. The second-order valence-electron chi connectivity index (χ2n) is 6.35. The Bertz CT molecular complexity index is 1300. The molecule has 0 aliphatic heterocycles. The molecule has 2 heterocycles. The third kappa shape index (κ3) is 3.50. The van der Waals surface area contributed by atoms with Crippen LogP contribution in [0.4, 0.5) is 5.69 Å². The van der Waals surface area contributed by atoms with Crippen molar-refractivity contribution in [1.82, 2.24) is 9.72 Å². The molecule has 0 spiro atoms. The van der Waals surface area contributed by atoms with Gasteiger partial charge in [-0.2, -0.15) is 0 Å². The van der Waals surface area contributed by atoms with Gasteiger partial charge < -0.3 is 9.84 Å². The van der Waals surface area contributed by atoms with E-state index in [1.165, 1.54) is 0 Å². The minimum absolute atomic E-state index is 0.0701. The summed E-state index contributed by atoms with van der Waals surface area (Å²) in [4.78, 5) is 25.1. The summed E-state index contributed by atoms with van der Waals surface area (Å²) in [7, 11) is 0. The lowest BCUT2D eigenvalue weighted by atomic mass is 10.1. The number of carbonyl (C=O) groups is 1. The molecule has 0 atom stereocenters. The van der Waals surface area contributed by atoms with Crippen LogP contribution >= 0.6 is 22.9 Å². The van der Waals surface area contributed by atoms with Crippen molar-refractivity contribution in [1.29, 1.82) is 0 Å². The molecule has 0 fully saturated rings. The number of aromatic nitrogens is 2. The van der Waals surface area contributed by atoms with Crippen molar-refractivity contribution in [2.45, 2.75) is 13.5 Å². The quantitative estimate of drug-likeness (QED) is 0.450. The van der Waals surface area contributed by atoms with Gasteiger partial charge in [0.05, 0.1) is 15.2 Å². The Balaban J connectivity index is 1.69. The number of hydrogen-bond acceptors (Lipinski definition) is 5. The number of amides is 1. The molecule has 8 heteroatoms. The van der Waals surface area contributed by atoms with E-state index in [-0.39, 0.29) is 10.8 Å². The SMILES string of the molecule is C=CCn1c(=O)sc2cc(NC(=O)c3c(-c4ccccc4Cl)noc3C)ccc21. The molecule has 0 bridgehead atoms. The number of hydrogen-bond donors (Lipinski definition) is 1. The van der Waals surface area contributed by atoms with E-state index in [0.717, 1.165) is 21.6 Å². The minimum atomic E-state index is -0.365.